The predicted molar refractivity (Wildman–Crippen MR) is 133 cm³/mol. The van der Waals surface area contributed by atoms with Gasteiger partial charge in [-0.3, -0.25) is 0 Å². The third-order valence-corrected chi connectivity index (χ3v) is 5.73. The molecular formula is C25H29NO7S. The number of rotatable bonds is 7. The summed E-state index contributed by atoms with van der Waals surface area (Å²) in [6.07, 6.45) is 1.58. The zero-order chi connectivity index (χ0) is 25.0. The number of nitrogens with one attached hydrogen (secondary N) is 1. The van der Waals surface area contributed by atoms with E-state index in [9.17, 15) is 14.4 Å². The number of aryl methyl sites for hydroxylation is 1. The molecule has 0 bridgehead atoms. The fourth-order valence-electron chi connectivity index (χ4n) is 3.44. The summed E-state index contributed by atoms with van der Waals surface area (Å²) < 4.78 is 21.7. The zero-order valence-corrected chi connectivity index (χ0v) is 21.0. The van der Waals surface area contributed by atoms with Gasteiger partial charge in [-0.1, -0.05) is 0 Å². The number of carbonyl (C=O) groups excluding carboxylic acids is 2. The number of thioether (sulfide) groups is 1. The summed E-state index contributed by atoms with van der Waals surface area (Å²) >= 11 is 1.55. The Labute approximate surface area is 201 Å². The summed E-state index contributed by atoms with van der Waals surface area (Å²) in [5.41, 5.74) is -0.384. The smallest absolute Gasteiger partial charge is 0.408 e. The van der Waals surface area contributed by atoms with Crippen molar-refractivity contribution < 1.29 is 28.2 Å². The molecule has 0 saturated carbocycles. The van der Waals surface area contributed by atoms with Crippen LogP contribution in [-0.2, 0) is 9.53 Å². The van der Waals surface area contributed by atoms with Crippen LogP contribution in [0.3, 0.4) is 0 Å². The highest BCUT2D eigenvalue weighted by molar-refractivity contribution is 7.98. The van der Waals surface area contributed by atoms with Crippen molar-refractivity contribution in [3.8, 4) is 11.5 Å². The Morgan fingerprint density at radius 3 is 2.47 bits per heavy atom. The number of esters is 1. The van der Waals surface area contributed by atoms with Crippen LogP contribution in [0.2, 0.25) is 0 Å². The van der Waals surface area contributed by atoms with E-state index in [1.807, 2.05) is 6.26 Å². The summed E-state index contributed by atoms with van der Waals surface area (Å²) in [6, 6.07) is 7.68. The van der Waals surface area contributed by atoms with Gasteiger partial charge in [0.15, 0.2) is 0 Å². The lowest BCUT2D eigenvalue weighted by atomic mass is 10.0. The number of methoxy groups -OCH3 is 1. The van der Waals surface area contributed by atoms with Crippen LogP contribution in [0.15, 0.2) is 39.5 Å². The number of ether oxygens (including phenoxy) is 3. The van der Waals surface area contributed by atoms with Crippen molar-refractivity contribution in [1.29, 1.82) is 0 Å². The van der Waals surface area contributed by atoms with Crippen molar-refractivity contribution in [1.82, 2.24) is 5.32 Å². The van der Waals surface area contributed by atoms with Gasteiger partial charge in [0.25, 0.3) is 0 Å². The van der Waals surface area contributed by atoms with Crippen molar-refractivity contribution in [2.24, 2.45) is 0 Å². The van der Waals surface area contributed by atoms with Gasteiger partial charge in [-0.2, -0.15) is 11.8 Å². The molecule has 1 heterocycles. The molecule has 1 aromatic heterocycles. The number of hydrogen-bond donors (Lipinski definition) is 1. The highest BCUT2D eigenvalue weighted by Crippen LogP contribution is 2.32. The molecule has 1 atom stereocenters. The quantitative estimate of drug-likeness (QED) is 0.219. The molecule has 0 aliphatic rings. The molecule has 34 heavy (non-hydrogen) atoms. The van der Waals surface area contributed by atoms with Crippen LogP contribution in [0.1, 0.15) is 32.8 Å². The monoisotopic (exact) mass is 487 g/mol. The van der Waals surface area contributed by atoms with E-state index in [1.165, 1.54) is 7.11 Å². The van der Waals surface area contributed by atoms with Gasteiger partial charge >= 0.3 is 17.7 Å². The summed E-state index contributed by atoms with van der Waals surface area (Å²) in [6.45, 7) is 6.94. The number of fused-ring (bicyclic) bond motifs is 3. The van der Waals surface area contributed by atoms with E-state index in [-0.39, 0.29) is 5.75 Å². The normalized spacial score (nSPS) is 12.4. The molecule has 0 radical (unpaired) electrons. The van der Waals surface area contributed by atoms with Gasteiger partial charge in [0.1, 0.15) is 28.7 Å². The van der Waals surface area contributed by atoms with Crippen molar-refractivity contribution in [2.45, 2.75) is 45.8 Å². The van der Waals surface area contributed by atoms with E-state index in [1.54, 1.807) is 69.8 Å². The second-order valence-electron chi connectivity index (χ2n) is 8.77. The van der Waals surface area contributed by atoms with Gasteiger partial charge in [-0.05, 0) is 76.5 Å². The fraction of sp³-hybridized carbons (Fsp3) is 0.400. The first-order valence-electron chi connectivity index (χ1n) is 10.8. The molecule has 0 aliphatic heterocycles. The van der Waals surface area contributed by atoms with E-state index < -0.39 is 29.3 Å². The lowest BCUT2D eigenvalue weighted by Crippen LogP contribution is -2.45. The van der Waals surface area contributed by atoms with E-state index in [0.717, 1.165) is 0 Å². The van der Waals surface area contributed by atoms with Crippen LogP contribution < -0.4 is 20.4 Å². The largest absolute Gasteiger partial charge is 0.497 e. The molecule has 2 aromatic carbocycles. The molecule has 0 fully saturated rings. The molecule has 8 nitrogen and oxygen atoms in total. The molecule has 9 heteroatoms. The molecule has 0 saturated heterocycles. The first-order chi connectivity index (χ1) is 16.0. The lowest BCUT2D eigenvalue weighted by molar-refractivity contribution is -0.136. The average molecular weight is 488 g/mol. The summed E-state index contributed by atoms with van der Waals surface area (Å²) in [7, 11) is 1.53. The predicted octanol–water partition coefficient (Wildman–Crippen LogP) is 4.82. The first kappa shape index (κ1) is 25.4. The second kappa shape index (κ2) is 10.4. The van der Waals surface area contributed by atoms with E-state index in [2.05, 4.69) is 5.32 Å². The van der Waals surface area contributed by atoms with Crippen LogP contribution >= 0.6 is 11.8 Å². The number of amides is 1. The Bertz CT molecular complexity index is 1280. The van der Waals surface area contributed by atoms with Crippen LogP contribution in [0.5, 0.6) is 11.5 Å². The van der Waals surface area contributed by atoms with Gasteiger partial charge in [0.2, 0.25) is 0 Å². The Morgan fingerprint density at radius 2 is 1.82 bits per heavy atom. The minimum atomic E-state index is -0.895. The maximum Gasteiger partial charge on any atom is 0.408 e. The highest BCUT2D eigenvalue weighted by atomic mass is 32.2. The van der Waals surface area contributed by atoms with Crippen molar-refractivity contribution in [2.75, 3.05) is 19.1 Å². The SMILES string of the molecule is COc1ccc2c(c1)c(=O)oc1c(C)c(OC(=O)[C@H](CCSC)NC(=O)OC(C)(C)C)ccc12. The number of carbonyl (C=O) groups is 2. The van der Waals surface area contributed by atoms with Crippen LogP contribution in [0, 0.1) is 6.92 Å². The van der Waals surface area contributed by atoms with Crippen LogP contribution in [0.25, 0.3) is 21.7 Å². The number of alkyl carbamates (subject to hydrolysis) is 1. The lowest BCUT2D eigenvalue weighted by Gasteiger charge is -2.23. The molecule has 3 rings (SSSR count). The van der Waals surface area contributed by atoms with Crippen molar-refractivity contribution in [3.05, 3.63) is 46.3 Å². The molecule has 0 aliphatic carbocycles. The van der Waals surface area contributed by atoms with Crippen molar-refractivity contribution >= 4 is 45.6 Å². The van der Waals surface area contributed by atoms with Gasteiger partial charge < -0.3 is 23.9 Å². The summed E-state index contributed by atoms with van der Waals surface area (Å²) in [5, 5.41) is 4.41. The molecule has 182 valence electrons. The highest BCUT2D eigenvalue weighted by Gasteiger charge is 2.26. The minimum absolute atomic E-state index is 0.244. The van der Waals surface area contributed by atoms with Gasteiger partial charge in [0.05, 0.1) is 12.5 Å². The summed E-state index contributed by atoms with van der Waals surface area (Å²) in [4.78, 5) is 37.8. The summed E-state index contributed by atoms with van der Waals surface area (Å²) in [5.74, 6) is 0.801. The Balaban J connectivity index is 1.92. The third kappa shape index (κ3) is 5.83. The molecule has 0 spiro atoms. The number of benzene rings is 2. The third-order valence-electron chi connectivity index (χ3n) is 5.08. The zero-order valence-electron chi connectivity index (χ0n) is 20.1. The fourth-order valence-corrected chi connectivity index (χ4v) is 3.91. The maximum absolute atomic E-state index is 12.9. The van der Waals surface area contributed by atoms with Crippen LogP contribution in [-0.4, -0.2) is 42.8 Å². The average Bonchev–Trinajstić information content (AvgIpc) is 2.77. The second-order valence-corrected chi connectivity index (χ2v) is 9.75. The topological polar surface area (TPSA) is 104 Å². The molecule has 1 amide bonds. The van der Waals surface area contributed by atoms with E-state index >= 15 is 0 Å². The van der Waals surface area contributed by atoms with E-state index in [0.29, 0.717) is 45.2 Å². The Hall–Kier alpha value is -3.20. The van der Waals surface area contributed by atoms with E-state index in [4.69, 9.17) is 18.6 Å². The Morgan fingerprint density at radius 1 is 1.12 bits per heavy atom. The minimum Gasteiger partial charge on any atom is -0.497 e. The van der Waals surface area contributed by atoms with Gasteiger partial charge in [0, 0.05) is 16.3 Å². The van der Waals surface area contributed by atoms with Crippen LogP contribution in [0.4, 0.5) is 4.79 Å². The molecule has 0 unspecified atom stereocenters. The molecule has 1 N–H and O–H groups in total. The molecule has 3 aromatic rings. The van der Waals surface area contributed by atoms with Crippen molar-refractivity contribution in [3.63, 3.8) is 0 Å². The number of hydrogen-bond acceptors (Lipinski definition) is 8. The van der Waals surface area contributed by atoms with Gasteiger partial charge in [-0.15, -0.1) is 0 Å². The van der Waals surface area contributed by atoms with Gasteiger partial charge in [-0.25, -0.2) is 14.4 Å². The maximum atomic E-state index is 12.9. The Kier molecular flexibility index (Phi) is 7.76. The first-order valence-corrected chi connectivity index (χ1v) is 12.2. The standard InChI is InChI=1S/C25H29NO7S/c1-14-20(31-23(28)19(11-12-34-6)26-24(29)33-25(2,3)4)10-9-17-16-8-7-15(30-5)13-18(16)22(27)32-21(14)17/h7-10,13,19H,11-12H2,1-6H3,(H,26,29)/t19-/m0/s1. The molecular weight excluding hydrogens is 458 g/mol.